The van der Waals surface area contributed by atoms with E-state index < -0.39 is 0 Å². The molecule has 2 heterocycles. The second-order valence-corrected chi connectivity index (χ2v) is 11.5. The smallest absolute Gasteiger partial charge is 0.307 e. The van der Waals surface area contributed by atoms with E-state index in [2.05, 4.69) is 52.7 Å². The third-order valence-electron chi connectivity index (χ3n) is 8.53. The van der Waals surface area contributed by atoms with Gasteiger partial charge in [-0.2, -0.15) is 0 Å². The first-order valence-corrected chi connectivity index (χ1v) is 15.8. The number of para-hydroxylation sites is 1. The Hall–Kier alpha value is -3.59. The molecule has 0 saturated carbocycles. The van der Waals surface area contributed by atoms with Crippen molar-refractivity contribution in [1.29, 1.82) is 0 Å². The molecule has 0 bridgehead atoms. The molecule has 0 amide bonds. The maximum Gasteiger partial charge on any atom is 0.307 e. The summed E-state index contributed by atoms with van der Waals surface area (Å²) >= 11 is 0. The molecule has 2 aliphatic rings. The van der Waals surface area contributed by atoms with Crippen LogP contribution in [0.5, 0.6) is 11.5 Å². The van der Waals surface area contributed by atoms with E-state index in [4.69, 9.17) is 23.7 Å². The molecule has 1 saturated heterocycles. The van der Waals surface area contributed by atoms with Crippen LogP contribution in [0.1, 0.15) is 53.9 Å². The zero-order valence-corrected chi connectivity index (χ0v) is 26.1. The van der Waals surface area contributed by atoms with Crippen LogP contribution in [-0.4, -0.2) is 65.7 Å². The molecule has 3 aromatic carbocycles. The Kier molecular flexibility index (Phi) is 11.9. The van der Waals surface area contributed by atoms with E-state index in [0.29, 0.717) is 45.3 Å². The molecule has 2 atom stereocenters. The fraction of sp³-hybridized carbons (Fsp3) is 0.472. The normalized spacial score (nSPS) is 18.0. The number of hydrogen-bond donors (Lipinski definition) is 1. The average Bonchev–Trinajstić information content (AvgIpc) is 3.08. The fourth-order valence-corrected chi connectivity index (χ4v) is 6.10. The first-order valence-electron chi connectivity index (χ1n) is 15.8. The highest BCUT2D eigenvalue weighted by Crippen LogP contribution is 2.32. The number of methoxy groups -OCH3 is 2. The topological polar surface area (TPSA) is 78.5 Å². The largest absolute Gasteiger partial charge is 0.496 e. The predicted molar refractivity (Wildman–Crippen MR) is 172 cm³/mol. The summed E-state index contributed by atoms with van der Waals surface area (Å²) in [7, 11) is 3.12. The second kappa shape index (κ2) is 16.5. The van der Waals surface area contributed by atoms with Gasteiger partial charge in [-0.15, -0.1) is 0 Å². The van der Waals surface area contributed by atoms with Crippen LogP contribution in [-0.2, 0) is 38.6 Å². The SMILES string of the molecule is COC(=O)CCN1CCCc2ccc(COC3CNCCC3c3ccc(OCCCOCc4ccccc4OC)cc3)cc21. The van der Waals surface area contributed by atoms with Crippen molar-refractivity contribution in [3.05, 3.63) is 89.0 Å². The maximum atomic E-state index is 11.7. The molecule has 0 spiro atoms. The molecule has 0 aliphatic carbocycles. The number of nitrogens with zero attached hydrogens (tertiary/aromatic N) is 1. The van der Waals surface area contributed by atoms with Crippen LogP contribution in [0.25, 0.3) is 0 Å². The van der Waals surface area contributed by atoms with Gasteiger partial charge in [-0.25, -0.2) is 0 Å². The van der Waals surface area contributed by atoms with Gasteiger partial charge in [0, 0.05) is 43.2 Å². The molecule has 236 valence electrons. The minimum Gasteiger partial charge on any atom is -0.496 e. The number of ether oxygens (including phenoxy) is 5. The summed E-state index contributed by atoms with van der Waals surface area (Å²) in [5.74, 6) is 1.88. The lowest BCUT2D eigenvalue weighted by molar-refractivity contribution is -0.140. The van der Waals surface area contributed by atoms with Crippen molar-refractivity contribution in [3.8, 4) is 11.5 Å². The Bertz CT molecular complexity index is 1330. The molecule has 1 fully saturated rings. The third kappa shape index (κ3) is 8.74. The van der Waals surface area contributed by atoms with Crippen molar-refractivity contribution in [2.24, 2.45) is 0 Å². The molecule has 3 aromatic rings. The summed E-state index contributed by atoms with van der Waals surface area (Å²) in [5.41, 5.74) is 6.05. The first kappa shape index (κ1) is 31.8. The van der Waals surface area contributed by atoms with E-state index in [-0.39, 0.29) is 12.1 Å². The van der Waals surface area contributed by atoms with E-state index in [1.54, 1.807) is 7.11 Å². The van der Waals surface area contributed by atoms with Crippen molar-refractivity contribution in [2.45, 2.75) is 57.3 Å². The number of piperidine rings is 1. The van der Waals surface area contributed by atoms with Crippen LogP contribution >= 0.6 is 0 Å². The maximum absolute atomic E-state index is 11.7. The Morgan fingerprint density at radius 3 is 2.70 bits per heavy atom. The Morgan fingerprint density at radius 2 is 1.86 bits per heavy atom. The lowest BCUT2D eigenvalue weighted by Crippen LogP contribution is -2.41. The van der Waals surface area contributed by atoms with Gasteiger partial charge in [0.25, 0.3) is 0 Å². The van der Waals surface area contributed by atoms with Crippen LogP contribution < -0.4 is 19.7 Å². The molecule has 8 nitrogen and oxygen atoms in total. The zero-order valence-electron chi connectivity index (χ0n) is 26.1. The number of carbonyl (C=O) groups excluding carboxylic acids is 1. The van der Waals surface area contributed by atoms with Crippen molar-refractivity contribution in [2.75, 3.05) is 58.5 Å². The number of rotatable bonds is 15. The molecule has 2 aliphatic heterocycles. The molecule has 0 aromatic heterocycles. The Balaban J connectivity index is 1.09. The second-order valence-electron chi connectivity index (χ2n) is 11.5. The van der Waals surface area contributed by atoms with Gasteiger partial charge in [-0.05, 0) is 66.8 Å². The van der Waals surface area contributed by atoms with Gasteiger partial charge in [-0.3, -0.25) is 4.79 Å². The molecule has 0 radical (unpaired) electrons. The van der Waals surface area contributed by atoms with Gasteiger partial charge in [0.15, 0.2) is 0 Å². The van der Waals surface area contributed by atoms with Crippen LogP contribution in [0.2, 0.25) is 0 Å². The van der Waals surface area contributed by atoms with E-state index >= 15 is 0 Å². The Morgan fingerprint density at radius 1 is 1.00 bits per heavy atom. The summed E-state index contributed by atoms with van der Waals surface area (Å²) < 4.78 is 28.6. The van der Waals surface area contributed by atoms with Gasteiger partial charge in [-0.1, -0.05) is 42.5 Å². The number of fused-ring (bicyclic) bond motifs is 1. The lowest BCUT2D eigenvalue weighted by Gasteiger charge is -2.33. The van der Waals surface area contributed by atoms with E-state index in [1.165, 1.54) is 23.9 Å². The van der Waals surface area contributed by atoms with Crippen LogP contribution in [0.15, 0.2) is 66.7 Å². The van der Waals surface area contributed by atoms with Crippen molar-refractivity contribution < 1.29 is 28.5 Å². The predicted octanol–water partition coefficient (Wildman–Crippen LogP) is 5.66. The molecular formula is C36H46N2O6. The van der Waals surface area contributed by atoms with E-state index in [9.17, 15) is 4.79 Å². The molecule has 5 rings (SSSR count). The number of esters is 1. The number of hydrogen-bond acceptors (Lipinski definition) is 8. The van der Waals surface area contributed by atoms with Gasteiger partial charge in [0.1, 0.15) is 11.5 Å². The highest BCUT2D eigenvalue weighted by atomic mass is 16.5. The highest BCUT2D eigenvalue weighted by molar-refractivity contribution is 5.70. The standard InChI is InChI=1S/C36H46N2O6/c1-40-34-9-4-3-7-30(34)26-42-21-6-22-43-31-14-12-28(13-15-31)32-16-18-37-24-35(32)44-25-27-10-11-29-8-5-19-38(33(29)23-27)20-17-36(39)41-2/h3-4,7,9-15,23,32,35,37H,5-6,8,16-22,24-26H2,1-2H3. The highest BCUT2D eigenvalue weighted by Gasteiger charge is 2.27. The quantitative estimate of drug-likeness (QED) is 0.176. The molecular weight excluding hydrogens is 556 g/mol. The number of anilines is 1. The third-order valence-corrected chi connectivity index (χ3v) is 8.53. The average molecular weight is 603 g/mol. The summed E-state index contributed by atoms with van der Waals surface area (Å²) in [6, 6.07) is 23.1. The number of aryl methyl sites for hydroxylation is 1. The lowest BCUT2D eigenvalue weighted by atomic mass is 9.87. The molecule has 8 heteroatoms. The van der Waals surface area contributed by atoms with Crippen molar-refractivity contribution >= 4 is 11.7 Å². The van der Waals surface area contributed by atoms with Crippen LogP contribution in [0, 0.1) is 0 Å². The van der Waals surface area contributed by atoms with E-state index in [1.807, 2.05) is 24.3 Å². The van der Waals surface area contributed by atoms with Gasteiger partial charge < -0.3 is 33.9 Å². The summed E-state index contributed by atoms with van der Waals surface area (Å²) in [6.45, 7) is 5.75. The van der Waals surface area contributed by atoms with Crippen LogP contribution in [0.4, 0.5) is 5.69 Å². The fourth-order valence-electron chi connectivity index (χ4n) is 6.10. The van der Waals surface area contributed by atoms with E-state index in [0.717, 1.165) is 67.9 Å². The summed E-state index contributed by atoms with van der Waals surface area (Å²) in [4.78, 5) is 14.0. The van der Waals surface area contributed by atoms with Crippen molar-refractivity contribution in [3.63, 3.8) is 0 Å². The monoisotopic (exact) mass is 602 g/mol. The minimum atomic E-state index is -0.169. The van der Waals surface area contributed by atoms with Gasteiger partial charge >= 0.3 is 5.97 Å². The summed E-state index contributed by atoms with van der Waals surface area (Å²) in [5, 5.41) is 3.51. The molecule has 44 heavy (non-hydrogen) atoms. The number of benzene rings is 3. The molecule has 2 unspecified atom stereocenters. The van der Waals surface area contributed by atoms with Crippen molar-refractivity contribution in [1.82, 2.24) is 5.32 Å². The Labute approximate surface area is 261 Å². The molecule has 1 N–H and O–H groups in total. The number of carbonyl (C=O) groups is 1. The van der Waals surface area contributed by atoms with Crippen LogP contribution in [0.3, 0.4) is 0 Å². The number of nitrogens with one attached hydrogen (secondary N) is 1. The minimum absolute atomic E-state index is 0.0855. The van der Waals surface area contributed by atoms with Gasteiger partial charge in [0.2, 0.25) is 0 Å². The first-order chi connectivity index (χ1) is 21.6. The zero-order chi connectivity index (χ0) is 30.6. The summed E-state index contributed by atoms with van der Waals surface area (Å²) in [6.07, 6.45) is 4.49. The van der Waals surface area contributed by atoms with Gasteiger partial charge in [0.05, 0.1) is 53.2 Å².